The van der Waals surface area contributed by atoms with Crippen LogP contribution in [0.5, 0.6) is 0 Å². The van der Waals surface area contributed by atoms with Gasteiger partial charge in [0.1, 0.15) is 5.69 Å². The maximum absolute atomic E-state index is 12.2. The van der Waals surface area contributed by atoms with E-state index < -0.39 is 16.9 Å². The maximum atomic E-state index is 12.2. The zero-order chi connectivity index (χ0) is 16.1. The molecule has 0 radical (unpaired) electrons. The number of amides is 2. The second kappa shape index (κ2) is 4.51. The summed E-state index contributed by atoms with van der Waals surface area (Å²) in [5.41, 5.74) is 1.82. The Morgan fingerprint density at radius 1 is 1.04 bits per heavy atom. The molecule has 4 rings (SSSR count). The predicted octanol–water partition coefficient (Wildman–Crippen LogP) is 2.93. The number of nitrogens with one attached hydrogen (secondary N) is 1. The van der Waals surface area contributed by atoms with Crippen LogP contribution < -0.4 is 5.32 Å². The van der Waals surface area contributed by atoms with Crippen molar-refractivity contribution < 1.29 is 14.5 Å². The minimum atomic E-state index is -0.550. The summed E-state index contributed by atoms with van der Waals surface area (Å²) < 4.78 is 1.27. The van der Waals surface area contributed by atoms with E-state index in [0.717, 1.165) is 5.56 Å². The molecule has 0 unspecified atom stereocenters. The molecule has 1 aliphatic rings. The van der Waals surface area contributed by atoms with Crippen LogP contribution in [0.1, 0.15) is 10.5 Å². The van der Waals surface area contributed by atoms with Crippen molar-refractivity contribution in [2.24, 2.45) is 0 Å². The van der Waals surface area contributed by atoms with Gasteiger partial charge in [-0.05, 0) is 11.6 Å². The first kappa shape index (κ1) is 13.2. The third-order valence-corrected chi connectivity index (χ3v) is 3.86. The van der Waals surface area contributed by atoms with Gasteiger partial charge in [0.25, 0.3) is 11.6 Å². The number of imide groups is 1. The van der Waals surface area contributed by atoms with Crippen molar-refractivity contribution >= 4 is 28.5 Å². The van der Waals surface area contributed by atoms with E-state index in [0.29, 0.717) is 16.5 Å². The number of benzene rings is 2. The third-order valence-electron chi connectivity index (χ3n) is 3.86. The summed E-state index contributed by atoms with van der Waals surface area (Å²) in [6.45, 7) is 0. The molecule has 0 aliphatic carbocycles. The Kier molecular flexibility index (Phi) is 2.59. The van der Waals surface area contributed by atoms with Gasteiger partial charge in [-0.15, -0.1) is 0 Å². The van der Waals surface area contributed by atoms with Gasteiger partial charge in [-0.2, -0.15) is 0 Å². The lowest BCUT2D eigenvalue weighted by molar-refractivity contribution is -0.384. The second-order valence-corrected chi connectivity index (χ2v) is 5.14. The summed E-state index contributed by atoms with van der Waals surface area (Å²) in [6, 6.07) is 12.7. The van der Waals surface area contributed by atoms with Crippen molar-refractivity contribution in [1.29, 1.82) is 0 Å². The average molecular weight is 307 g/mol. The monoisotopic (exact) mass is 307 g/mol. The SMILES string of the molecule is O=C1NC(=O)n2c1c(-c1ccccc1)c1cc([N+](=O)[O-])ccc12. The van der Waals surface area contributed by atoms with Gasteiger partial charge in [-0.1, -0.05) is 30.3 Å². The highest BCUT2D eigenvalue weighted by Crippen LogP contribution is 2.38. The molecule has 2 amide bonds. The van der Waals surface area contributed by atoms with Gasteiger partial charge >= 0.3 is 6.03 Å². The Labute approximate surface area is 129 Å². The lowest BCUT2D eigenvalue weighted by Gasteiger charge is -2.02. The van der Waals surface area contributed by atoms with E-state index in [1.807, 2.05) is 6.07 Å². The molecule has 2 heterocycles. The summed E-state index contributed by atoms with van der Waals surface area (Å²) >= 11 is 0. The number of non-ortho nitro benzene ring substituents is 1. The molecular weight excluding hydrogens is 298 g/mol. The quantitative estimate of drug-likeness (QED) is 0.581. The number of nitro groups is 1. The van der Waals surface area contributed by atoms with Gasteiger partial charge in [0.15, 0.2) is 0 Å². The number of nitro benzene ring substituents is 1. The average Bonchev–Trinajstić information content (AvgIpc) is 3.03. The largest absolute Gasteiger partial charge is 0.333 e. The predicted molar refractivity (Wildman–Crippen MR) is 82.3 cm³/mol. The lowest BCUT2D eigenvalue weighted by atomic mass is 10.0. The van der Waals surface area contributed by atoms with Gasteiger partial charge in [-0.3, -0.25) is 24.8 Å². The molecule has 0 atom stereocenters. The molecule has 0 bridgehead atoms. The van der Waals surface area contributed by atoms with Gasteiger partial charge in [-0.25, -0.2) is 4.79 Å². The van der Waals surface area contributed by atoms with Crippen molar-refractivity contribution in [3.05, 3.63) is 64.3 Å². The van der Waals surface area contributed by atoms with Crippen LogP contribution in [0.25, 0.3) is 22.0 Å². The van der Waals surface area contributed by atoms with E-state index in [2.05, 4.69) is 5.32 Å². The Morgan fingerprint density at radius 3 is 2.48 bits per heavy atom. The molecule has 1 N–H and O–H groups in total. The van der Waals surface area contributed by atoms with Gasteiger partial charge < -0.3 is 0 Å². The molecule has 1 aliphatic heterocycles. The molecule has 23 heavy (non-hydrogen) atoms. The minimum Gasteiger partial charge on any atom is -0.272 e. The molecule has 0 fully saturated rings. The normalized spacial score (nSPS) is 13.2. The first-order valence-corrected chi connectivity index (χ1v) is 6.82. The first-order chi connectivity index (χ1) is 11.1. The van der Waals surface area contributed by atoms with Crippen molar-refractivity contribution in [2.75, 3.05) is 0 Å². The molecule has 3 aromatic rings. The molecule has 1 aromatic heterocycles. The third kappa shape index (κ3) is 1.76. The van der Waals surface area contributed by atoms with Crippen molar-refractivity contribution in [3.63, 3.8) is 0 Å². The number of carbonyl (C=O) groups excluding carboxylic acids is 2. The number of hydrogen-bond donors (Lipinski definition) is 1. The fourth-order valence-corrected chi connectivity index (χ4v) is 2.93. The van der Waals surface area contributed by atoms with Crippen molar-refractivity contribution in [1.82, 2.24) is 9.88 Å². The van der Waals surface area contributed by atoms with E-state index in [9.17, 15) is 19.7 Å². The topological polar surface area (TPSA) is 94.2 Å². The number of carbonyl (C=O) groups is 2. The number of aromatic nitrogens is 1. The van der Waals surface area contributed by atoms with Crippen molar-refractivity contribution in [2.45, 2.75) is 0 Å². The standard InChI is InChI=1S/C16H9N3O4/c20-15-14-13(9-4-2-1-3-5-9)11-8-10(19(22)23)6-7-12(11)18(14)16(21)17-15/h1-8H,(H,17,20,21). The fraction of sp³-hybridized carbons (Fsp3) is 0. The van der Waals surface area contributed by atoms with Crippen LogP contribution in [0, 0.1) is 10.1 Å². The summed E-state index contributed by atoms with van der Waals surface area (Å²) in [5, 5.41) is 13.8. The first-order valence-electron chi connectivity index (χ1n) is 6.82. The van der Waals surface area contributed by atoms with Crippen LogP contribution in [0.3, 0.4) is 0 Å². The smallest absolute Gasteiger partial charge is 0.272 e. The Hall–Kier alpha value is -3.48. The van der Waals surface area contributed by atoms with E-state index in [-0.39, 0.29) is 11.4 Å². The lowest BCUT2D eigenvalue weighted by Crippen LogP contribution is -2.22. The van der Waals surface area contributed by atoms with Crippen molar-refractivity contribution in [3.8, 4) is 11.1 Å². The van der Waals surface area contributed by atoms with E-state index in [1.165, 1.54) is 22.8 Å². The van der Waals surface area contributed by atoms with Crippen LogP contribution in [0.15, 0.2) is 48.5 Å². The second-order valence-electron chi connectivity index (χ2n) is 5.14. The number of hydrogen-bond acceptors (Lipinski definition) is 4. The zero-order valence-electron chi connectivity index (χ0n) is 11.6. The highest BCUT2D eigenvalue weighted by Gasteiger charge is 2.34. The highest BCUT2D eigenvalue weighted by molar-refractivity contribution is 6.22. The molecule has 7 heteroatoms. The fourth-order valence-electron chi connectivity index (χ4n) is 2.93. The van der Waals surface area contributed by atoms with E-state index in [1.54, 1.807) is 24.3 Å². The Morgan fingerprint density at radius 2 is 1.78 bits per heavy atom. The van der Waals surface area contributed by atoms with E-state index >= 15 is 0 Å². The number of rotatable bonds is 2. The van der Waals surface area contributed by atoms with Crippen LogP contribution in [-0.2, 0) is 0 Å². The summed E-state index contributed by atoms with van der Waals surface area (Å²) in [6.07, 6.45) is 0. The van der Waals surface area contributed by atoms with Gasteiger partial charge in [0, 0.05) is 23.1 Å². The van der Waals surface area contributed by atoms with Crippen LogP contribution >= 0.6 is 0 Å². The Bertz CT molecular complexity index is 1010. The van der Waals surface area contributed by atoms with Crippen LogP contribution in [0.4, 0.5) is 10.5 Å². The molecule has 2 aromatic carbocycles. The summed E-state index contributed by atoms with van der Waals surface area (Å²) in [5.74, 6) is -0.507. The zero-order valence-corrected chi connectivity index (χ0v) is 11.6. The molecule has 7 nitrogen and oxygen atoms in total. The number of nitrogens with zero attached hydrogens (tertiary/aromatic N) is 2. The van der Waals surface area contributed by atoms with Gasteiger partial charge in [0.2, 0.25) is 0 Å². The van der Waals surface area contributed by atoms with Crippen LogP contribution in [0.2, 0.25) is 0 Å². The minimum absolute atomic E-state index is 0.0909. The highest BCUT2D eigenvalue weighted by atomic mass is 16.6. The number of fused-ring (bicyclic) bond motifs is 3. The maximum Gasteiger partial charge on any atom is 0.333 e. The Balaban J connectivity index is 2.16. The molecule has 0 saturated carbocycles. The molecule has 0 spiro atoms. The summed E-state index contributed by atoms with van der Waals surface area (Å²) in [4.78, 5) is 34.8. The van der Waals surface area contributed by atoms with E-state index in [4.69, 9.17) is 0 Å². The molecule has 0 saturated heterocycles. The molecule has 112 valence electrons. The molecular formula is C16H9N3O4. The van der Waals surface area contributed by atoms with Crippen LogP contribution in [-0.4, -0.2) is 21.4 Å². The van der Waals surface area contributed by atoms with Gasteiger partial charge in [0.05, 0.1) is 10.4 Å². The summed E-state index contributed by atoms with van der Waals surface area (Å²) in [7, 11) is 0.